The van der Waals surface area contributed by atoms with Crippen LogP contribution in [0.2, 0.25) is 0 Å². The summed E-state index contributed by atoms with van der Waals surface area (Å²) in [5, 5.41) is 0.765. The van der Waals surface area contributed by atoms with Crippen molar-refractivity contribution in [1.82, 2.24) is 4.37 Å². The first-order valence-corrected chi connectivity index (χ1v) is 9.87. The van der Waals surface area contributed by atoms with Crippen molar-refractivity contribution < 1.29 is 8.42 Å². The van der Waals surface area contributed by atoms with Crippen LogP contribution in [-0.4, -0.2) is 31.6 Å². The maximum absolute atomic E-state index is 12.0. The zero-order valence-electron chi connectivity index (χ0n) is 11.7. The van der Waals surface area contributed by atoms with Crippen molar-refractivity contribution in [3.05, 3.63) is 0 Å². The summed E-state index contributed by atoms with van der Waals surface area (Å²) in [5.74, 6) is 0.860. The van der Waals surface area contributed by atoms with E-state index in [0.29, 0.717) is 12.0 Å². The van der Waals surface area contributed by atoms with Gasteiger partial charge in [-0.05, 0) is 43.1 Å². The molecule has 3 rings (SSSR count). The first-order valence-electron chi connectivity index (χ1n) is 7.20. The fourth-order valence-electron chi connectivity index (χ4n) is 3.69. The monoisotopic (exact) mass is 315 g/mol. The number of fused-ring (bicyclic) bond motifs is 1. The molecule has 0 bridgehead atoms. The van der Waals surface area contributed by atoms with Gasteiger partial charge >= 0.3 is 0 Å². The van der Waals surface area contributed by atoms with Crippen LogP contribution in [0.3, 0.4) is 0 Å². The number of aromatic nitrogens is 1. The van der Waals surface area contributed by atoms with Gasteiger partial charge in [0.25, 0.3) is 0 Å². The number of nitrogens with two attached hydrogens (primary N) is 1. The van der Waals surface area contributed by atoms with Crippen LogP contribution >= 0.6 is 11.5 Å². The van der Waals surface area contributed by atoms with Gasteiger partial charge in [-0.2, -0.15) is 4.37 Å². The number of hydrogen-bond donors (Lipinski definition) is 1. The summed E-state index contributed by atoms with van der Waals surface area (Å²) in [7, 11) is -3.33. The van der Waals surface area contributed by atoms with Crippen molar-refractivity contribution in [2.75, 3.05) is 23.4 Å². The molecule has 7 heteroatoms. The second-order valence-corrected chi connectivity index (χ2v) is 8.63. The standard InChI is InChI=1S/C13H21N3O2S2/c1-20(17,18)11-12(14)15-19-13(11)16-8-4-6-9-5-2-3-7-10(9)16/h9-10H,2-8H2,1H3,(H2,14,15)/t9-,10-/m1/s1. The molecule has 2 fully saturated rings. The fourth-order valence-corrected chi connectivity index (χ4v) is 5.97. The molecule has 0 unspecified atom stereocenters. The molecule has 5 nitrogen and oxygen atoms in total. The van der Waals surface area contributed by atoms with Gasteiger partial charge in [-0.3, -0.25) is 0 Å². The summed E-state index contributed by atoms with van der Waals surface area (Å²) in [6, 6.07) is 0.470. The van der Waals surface area contributed by atoms with Crippen LogP contribution in [0.15, 0.2) is 4.90 Å². The minimum atomic E-state index is -3.33. The molecule has 20 heavy (non-hydrogen) atoms. The number of sulfone groups is 1. The van der Waals surface area contributed by atoms with Gasteiger partial charge in [-0.15, -0.1) is 0 Å². The molecule has 0 spiro atoms. The molecule has 1 aromatic rings. The lowest BCUT2D eigenvalue weighted by Crippen LogP contribution is -2.47. The van der Waals surface area contributed by atoms with E-state index in [1.807, 2.05) is 0 Å². The summed E-state index contributed by atoms with van der Waals surface area (Å²) in [6.07, 6.45) is 8.58. The zero-order valence-corrected chi connectivity index (χ0v) is 13.3. The molecule has 0 amide bonds. The van der Waals surface area contributed by atoms with E-state index >= 15 is 0 Å². The molecule has 1 aromatic heterocycles. The fraction of sp³-hybridized carbons (Fsp3) is 0.769. The average Bonchev–Trinajstić information content (AvgIpc) is 2.80. The van der Waals surface area contributed by atoms with Crippen molar-refractivity contribution in [3.8, 4) is 0 Å². The Labute approximate surface area is 124 Å². The molecular weight excluding hydrogens is 294 g/mol. The maximum Gasteiger partial charge on any atom is 0.182 e. The van der Waals surface area contributed by atoms with Crippen LogP contribution in [-0.2, 0) is 9.84 Å². The topological polar surface area (TPSA) is 76.3 Å². The van der Waals surface area contributed by atoms with Gasteiger partial charge in [0.2, 0.25) is 0 Å². The van der Waals surface area contributed by atoms with Crippen LogP contribution in [0.5, 0.6) is 0 Å². The predicted molar refractivity (Wildman–Crippen MR) is 82.0 cm³/mol. The van der Waals surface area contributed by atoms with Gasteiger partial charge in [0, 0.05) is 18.8 Å². The van der Waals surface area contributed by atoms with E-state index in [4.69, 9.17) is 5.73 Å². The first kappa shape index (κ1) is 14.1. The van der Waals surface area contributed by atoms with E-state index in [9.17, 15) is 8.42 Å². The van der Waals surface area contributed by atoms with Gasteiger partial charge in [0.15, 0.2) is 15.7 Å². The van der Waals surface area contributed by atoms with E-state index in [1.54, 1.807) is 0 Å². The van der Waals surface area contributed by atoms with E-state index in [-0.39, 0.29) is 10.7 Å². The highest BCUT2D eigenvalue weighted by atomic mass is 32.2. The summed E-state index contributed by atoms with van der Waals surface area (Å²) in [6.45, 7) is 0.922. The highest BCUT2D eigenvalue weighted by Crippen LogP contribution is 2.42. The number of nitrogens with zero attached hydrogens (tertiary/aromatic N) is 2. The van der Waals surface area contributed by atoms with Gasteiger partial charge < -0.3 is 10.6 Å². The second kappa shape index (κ2) is 5.18. The smallest absolute Gasteiger partial charge is 0.182 e. The Bertz CT molecular complexity index is 595. The third kappa shape index (κ3) is 2.41. The van der Waals surface area contributed by atoms with Gasteiger partial charge in [-0.25, -0.2) is 8.42 Å². The molecule has 2 N–H and O–H groups in total. The average molecular weight is 315 g/mol. The summed E-state index contributed by atoms with van der Waals surface area (Å²) in [4.78, 5) is 2.52. The third-order valence-corrected chi connectivity index (χ3v) is 6.71. The van der Waals surface area contributed by atoms with Crippen molar-refractivity contribution in [2.24, 2.45) is 5.92 Å². The number of anilines is 2. The third-order valence-electron chi connectivity index (χ3n) is 4.53. The Morgan fingerprint density at radius 3 is 2.70 bits per heavy atom. The molecule has 1 aliphatic carbocycles. The Morgan fingerprint density at radius 2 is 1.95 bits per heavy atom. The molecule has 2 atom stereocenters. The molecular formula is C13H21N3O2S2. The number of rotatable bonds is 2. The van der Waals surface area contributed by atoms with Crippen molar-refractivity contribution in [3.63, 3.8) is 0 Å². The quantitative estimate of drug-likeness (QED) is 0.906. The molecule has 1 saturated heterocycles. The van der Waals surface area contributed by atoms with Crippen LogP contribution in [0.1, 0.15) is 38.5 Å². The van der Waals surface area contributed by atoms with Gasteiger partial charge in [-0.1, -0.05) is 12.8 Å². The molecule has 1 aliphatic heterocycles. The maximum atomic E-state index is 12.0. The van der Waals surface area contributed by atoms with Crippen LogP contribution in [0.4, 0.5) is 10.8 Å². The van der Waals surface area contributed by atoms with Crippen molar-refractivity contribution in [2.45, 2.75) is 49.5 Å². The Hall–Kier alpha value is -0.820. The largest absolute Gasteiger partial charge is 0.382 e. The lowest BCUT2D eigenvalue weighted by molar-refractivity contribution is 0.244. The Morgan fingerprint density at radius 1 is 1.25 bits per heavy atom. The zero-order chi connectivity index (χ0) is 14.3. The molecule has 0 radical (unpaired) electrons. The lowest BCUT2D eigenvalue weighted by Gasteiger charge is -2.44. The minimum Gasteiger partial charge on any atom is -0.382 e. The normalized spacial score (nSPS) is 27.4. The number of piperidine rings is 1. The van der Waals surface area contributed by atoms with E-state index < -0.39 is 9.84 Å². The molecule has 0 aromatic carbocycles. The number of nitrogen functional groups attached to an aromatic ring is 1. The van der Waals surface area contributed by atoms with Crippen LogP contribution in [0, 0.1) is 5.92 Å². The number of hydrogen-bond acceptors (Lipinski definition) is 6. The highest BCUT2D eigenvalue weighted by molar-refractivity contribution is 7.91. The van der Waals surface area contributed by atoms with E-state index in [2.05, 4.69) is 9.27 Å². The molecule has 112 valence electrons. The van der Waals surface area contributed by atoms with Crippen LogP contribution < -0.4 is 10.6 Å². The Kier molecular flexibility index (Phi) is 3.66. The van der Waals surface area contributed by atoms with E-state index in [0.717, 1.165) is 24.4 Å². The second-order valence-electron chi connectivity index (χ2n) is 5.92. The van der Waals surface area contributed by atoms with Crippen LogP contribution in [0.25, 0.3) is 0 Å². The summed E-state index contributed by atoms with van der Waals surface area (Å²) >= 11 is 1.24. The molecule has 1 saturated carbocycles. The Balaban J connectivity index is 2.00. The summed E-state index contributed by atoms with van der Waals surface area (Å²) < 4.78 is 28.1. The van der Waals surface area contributed by atoms with Crippen molar-refractivity contribution in [1.29, 1.82) is 0 Å². The van der Waals surface area contributed by atoms with Crippen molar-refractivity contribution >= 4 is 32.2 Å². The molecule has 2 heterocycles. The highest BCUT2D eigenvalue weighted by Gasteiger charge is 2.37. The van der Waals surface area contributed by atoms with E-state index in [1.165, 1.54) is 43.5 Å². The SMILES string of the molecule is CS(=O)(=O)c1c(N)nsc1N1CCC[C@H]2CCCC[C@H]21. The van der Waals surface area contributed by atoms with Gasteiger partial charge in [0.05, 0.1) is 0 Å². The van der Waals surface area contributed by atoms with Gasteiger partial charge in [0.1, 0.15) is 9.90 Å². The lowest BCUT2D eigenvalue weighted by atomic mass is 9.78. The minimum absolute atomic E-state index is 0.158. The molecule has 2 aliphatic rings. The predicted octanol–water partition coefficient (Wildman–Crippen LogP) is 2.29. The summed E-state index contributed by atoms with van der Waals surface area (Å²) in [5.41, 5.74) is 5.80. The first-order chi connectivity index (χ1) is 9.48.